The zero-order valence-corrected chi connectivity index (χ0v) is 15.0. The van der Waals surface area contributed by atoms with Gasteiger partial charge in [-0.3, -0.25) is 9.69 Å². The Morgan fingerprint density at radius 1 is 1.35 bits per heavy atom. The fourth-order valence-corrected chi connectivity index (χ4v) is 3.51. The van der Waals surface area contributed by atoms with Crippen molar-refractivity contribution in [1.29, 1.82) is 0 Å². The molecular formula is C15H18N2O4S2. The molecule has 8 heteroatoms. The normalized spacial score (nSPS) is 11.3. The van der Waals surface area contributed by atoms with Crippen molar-refractivity contribution >= 4 is 39.9 Å². The van der Waals surface area contributed by atoms with Gasteiger partial charge in [-0.15, -0.1) is 22.7 Å². The maximum Gasteiger partial charge on any atom is 0.416 e. The van der Waals surface area contributed by atoms with Crippen LogP contribution < -0.4 is 4.90 Å². The summed E-state index contributed by atoms with van der Waals surface area (Å²) in [4.78, 5) is 30.2. The molecule has 0 saturated heterocycles. The first kappa shape index (κ1) is 17.4. The van der Waals surface area contributed by atoms with Gasteiger partial charge < -0.3 is 9.84 Å². The highest BCUT2D eigenvalue weighted by atomic mass is 32.1. The third-order valence-corrected chi connectivity index (χ3v) is 4.71. The van der Waals surface area contributed by atoms with E-state index in [9.17, 15) is 9.59 Å². The molecule has 0 atom stereocenters. The van der Waals surface area contributed by atoms with Crippen LogP contribution in [-0.4, -0.2) is 34.8 Å². The van der Waals surface area contributed by atoms with Gasteiger partial charge in [-0.05, 0) is 32.9 Å². The Hall–Kier alpha value is -1.93. The Morgan fingerprint density at radius 3 is 2.65 bits per heavy atom. The first-order chi connectivity index (χ1) is 10.7. The van der Waals surface area contributed by atoms with Crippen molar-refractivity contribution in [2.24, 2.45) is 0 Å². The molecule has 6 nitrogen and oxygen atoms in total. The topological polar surface area (TPSA) is 79.7 Å². The van der Waals surface area contributed by atoms with Crippen LogP contribution in [0.2, 0.25) is 0 Å². The van der Waals surface area contributed by atoms with E-state index in [1.165, 1.54) is 27.6 Å². The Balaban J connectivity index is 2.12. The summed E-state index contributed by atoms with van der Waals surface area (Å²) in [6.07, 6.45) is -0.462. The van der Waals surface area contributed by atoms with Gasteiger partial charge in [0.05, 0.1) is 17.0 Å². The molecule has 0 aliphatic rings. The summed E-state index contributed by atoms with van der Waals surface area (Å²) in [5, 5.41) is 11.2. The maximum atomic E-state index is 12.0. The molecule has 0 saturated carbocycles. The lowest BCUT2D eigenvalue weighted by atomic mass is 10.2. The second kappa shape index (κ2) is 6.67. The number of carbonyl (C=O) groups excluding carboxylic acids is 1. The van der Waals surface area contributed by atoms with E-state index in [0.29, 0.717) is 5.13 Å². The predicted octanol–water partition coefficient (Wildman–Crippen LogP) is 3.87. The van der Waals surface area contributed by atoms with Gasteiger partial charge in [-0.2, -0.15) is 0 Å². The number of thiazole rings is 1. The number of aromatic nitrogens is 1. The summed E-state index contributed by atoms with van der Waals surface area (Å²) in [5.41, 5.74) is 0.160. The molecule has 0 aliphatic heterocycles. The lowest BCUT2D eigenvalue weighted by Crippen LogP contribution is -2.34. The fraction of sp³-hybridized carbons (Fsp3) is 0.400. The van der Waals surface area contributed by atoms with Crippen LogP contribution in [-0.2, 0) is 16.0 Å². The molecule has 124 valence electrons. The van der Waals surface area contributed by atoms with Crippen molar-refractivity contribution in [2.45, 2.75) is 32.8 Å². The summed E-state index contributed by atoms with van der Waals surface area (Å²) in [7, 11) is 1.61. The predicted molar refractivity (Wildman–Crippen MR) is 91.4 cm³/mol. The molecule has 0 aromatic carbocycles. The Labute approximate surface area is 142 Å². The van der Waals surface area contributed by atoms with Gasteiger partial charge in [-0.1, -0.05) is 0 Å². The molecule has 0 unspecified atom stereocenters. The second-order valence-corrected chi connectivity index (χ2v) is 7.90. The van der Waals surface area contributed by atoms with Gasteiger partial charge in [0.1, 0.15) is 5.60 Å². The third-order valence-electron chi connectivity index (χ3n) is 2.69. The van der Waals surface area contributed by atoms with Crippen molar-refractivity contribution in [3.8, 4) is 10.6 Å². The van der Waals surface area contributed by atoms with Crippen LogP contribution in [0.1, 0.15) is 25.6 Å². The number of amides is 1. The molecule has 0 aliphatic carbocycles. The van der Waals surface area contributed by atoms with Gasteiger partial charge >= 0.3 is 12.1 Å². The number of anilines is 1. The quantitative estimate of drug-likeness (QED) is 0.901. The van der Waals surface area contributed by atoms with E-state index in [2.05, 4.69) is 4.98 Å². The molecule has 2 aromatic rings. The van der Waals surface area contributed by atoms with Crippen LogP contribution >= 0.6 is 22.7 Å². The summed E-state index contributed by atoms with van der Waals surface area (Å²) in [5.74, 6) is -0.859. The lowest BCUT2D eigenvalue weighted by molar-refractivity contribution is -0.136. The number of hydrogen-bond donors (Lipinski definition) is 1. The molecule has 0 bridgehead atoms. The minimum absolute atomic E-state index is 0.000524. The Bertz CT molecular complexity index is 715. The van der Waals surface area contributed by atoms with Crippen LogP contribution in [0.4, 0.5) is 9.93 Å². The molecule has 0 radical (unpaired) electrons. The van der Waals surface area contributed by atoms with Gasteiger partial charge in [0, 0.05) is 17.3 Å². The molecule has 1 amide bonds. The van der Waals surface area contributed by atoms with E-state index in [-0.39, 0.29) is 6.42 Å². The number of aliphatic carboxylic acids is 1. The van der Waals surface area contributed by atoms with Crippen molar-refractivity contribution < 1.29 is 19.4 Å². The Morgan fingerprint density at radius 2 is 2.04 bits per heavy atom. The molecule has 2 heterocycles. The van der Waals surface area contributed by atoms with E-state index in [1.807, 2.05) is 32.2 Å². The number of carboxylic acids is 1. The van der Waals surface area contributed by atoms with Crippen molar-refractivity contribution in [3.63, 3.8) is 0 Å². The van der Waals surface area contributed by atoms with Gasteiger partial charge in [-0.25, -0.2) is 9.78 Å². The minimum atomic E-state index is -0.859. The number of hydrogen-bond acceptors (Lipinski definition) is 6. The van der Waals surface area contributed by atoms with Crippen LogP contribution in [0.15, 0.2) is 17.5 Å². The smallest absolute Gasteiger partial charge is 0.416 e. The van der Waals surface area contributed by atoms with Crippen molar-refractivity contribution in [2.75, 3.05) is 11.9 Å². The number of carboxylic acid groups (broad SMARTS) is 1. The van der Waals surface area contributed by atoms with Crippen molar-refractivity contribution in [1.82, 2.24) is 4.98 Å². The maximum absolute atomic E-state index is 12.0. The van der Waals surface area contributed by atoms with Crippen LogP contribution in [0.25, 0.3) is 10.6 Å². The van der Waals surface area contributed by atoms with Crippen LogP contribution in [0.3, 0.4) is 0 Å². The average Bonchev–Trinajstić information content (AvgIpc) is 3.03. The number of nitrogens with zero attached hydrogens (tertiary/aromatic N) is 2. The summed E-state index contributed by atoms with van der Waals surface area (Å²) in [6, 6.07) is 3.62. The third kappa shape index (κ3) is 4.77. The Kier molecular flexibility index (Phi) is 5.06. The van der Waals surface area contributed by atoms with E-state index in [1.54, 1.807) is 13.1 Å². The number of carbonyl (C=O) groups is 2. The van der Waals surface area contributed by atoms with E-state index >= 15 is 0 Å². The van der Waals surface area contributed by atoms with Crippen molar-refractivity contribution in [3.05, 3.63) is 22.4 Å². The molecule has 1 N–H and O–H groups in total. The highest BCUT2D eigenvalue weighted by molar-refractivity contribution is 7.17. The van der Waals surface area contributed by atoms with Crippen LogP contribution in [0.5, 0.6) is 0 Å². The SMILES string of the molecule is CN(C(=O)OC(C)(C)C)c1nc(-c2ccc(CC(=O)O)s2)cs1. The summed E-state index contributed by atoms with van der Waals surface area (Å²) in [6.45, 7) is 5.42. The zero-order valence-electron chi connectivity index (χ0n) is 13.3. The average molecular weight is 354 g/mol. The highest BCUT2D eigenvalue weighted by Crippen LogP contribution is 2.32. The monoisotopic (exact) mass is 354 g/mol. The number of ether oxygens (including phenoxy) is 1. The summed E-state index contributed by atoms with van der Waals surface area (Å²) >= 11 is 2.72. The molecule has 0 fully saturated rings. The molecule has 0 spiro atoms. The highest BCUT2D eigenvalue weighted by Gasteiger charge is 2.22. The van der Waals surface area contributed by atoms with E-state index in [4.69, 9.17) is 9.84 Å². The number of thiophene rings is 1. The minimum Gasteiger partial charge on any atom is -0.481 e. The standard InChI is InChI=1S/C15H18N2O4S2/c1-15(2,3)21-14(20)17(4)13-16-10(8-22-13)11-6-5-9(23-11)7-12(18)19/h5-6,8H,7H2,1-4H3,(H,18,19). The summed E-state index contributed by atoms with van der Waals surface area (Å²) < 4.78 is 5.31. The molecule has 23 heavy (non-hydrogen) atoms. The second-order valence-electron chi connectivity index (χ2n) is 5.89. The molecule has 2 aromatic heterocycles. The largest absolute Gasteiger partial charge is 0.481 e. The molecular weight excluding hydrogens is 336 g/mol. The number of rotatable bonds is 4. The van der Waals surface area contributed by atoms with Gasteiger partial charge in [0.2, 0.25) is 0 Å². The van der Waals surface area contributed by atoms with E-state index in [0.717, 1.165) is 15.4 Å². The van der Waals surface area contributed by atoms with Crippen LogP contribution in [0, 0.1) is 0 Å². The first-order valence-corrected chi connectivity index (χ1v) is 8.58. The molecule has 2 rings (SSSR count). The zero-order chi connectivity index (χ0) is 17.2. The van der Waals surface area contributed by atoms with Gasteiger partial charge in [0.15, 0.2) is 5.13 Å². The van der Waals surface area contributed by atoms with E-state index < -0.39 is 17.7 Å². The fourth-order valence-electron chi connectivity index (χ4n) is 1.70. The first-order valence-electron chi connectivity index (χ1n) is 6.89. The van der Waals surface area contributed by atoms with Gasteiger partial charge in [0.25, 0.3) is 0 Å². The lowest BCUT2D eigenvalue weighted by Gasteiger charge is -2.23.